The van der Waals surface area contributed by atoms with Crippen LogP contribution in [0.5, 0.6) is 0 Å². The number of fused-ring (bicyclic) bond motifs is 1. The quantitative estimate of drug-likeness (QED) is 0.509. The lowest BCUT2D eigenvalue weighted by atomic mass is 10.2. The first-order valence-corrected chi connectivity index (χ1v) is 8.79. The summed E-state index contributed by atoms with van der Waals surface area (Å²) >= 11 is 7.08. The van der Waals surface area contributed by atoms with Crippen molar-refractivity contribution >= 4 is 77.2 Å². The lowest BCUT2D eigenvalue weighted by Crippen LogP contribution is -2.12. The maximum atomic E-state index is 12.5. The third-order valence-corrected chi connectivity index (χ3v) is 5.80. The van der Waals surface area contributed by atoms with Crippen molar-refractivity contribution in [1.82, 2.24) is 0 Å². The molecule has 3 rings (SSSR count). The van der Waals surface area contributed by atoms with Crippen molar-refractivity contribution < 1.29 is 4.79 Å². The molecule has 2 aromatic carbocycles. The Balaban J connectivity index is 2.01. The molecule has 1 heterocycles. The SMILES string of the molecule is Nc1c(C(=O)Nc2ccccc2I)sc2cccc(Br)c12. The molecule has 0 unspecified atom stereocenters. The number of thiophene rings is 1. The Morgan fingerprint density at radius 3 is 2.67 bits per heavy atom. The number of anilines is 2. The summed E-state index contributed by atoms with van der Waals surface area (Å²) in [7, 11) is 0. The maximum absolute atomic E-state index is 12.5. The van der Waals surface area contributed by atoms with E-state index in [0.29, 0.717) is 10.6 Å². The predicted molar refractivity (Wildman–Crippen MR) is 101 cm³/mol. The zero-order valence-electron chi connectivity index (χ0n) is 10.7. The van der Waals surface area contributed by atoms with Crippen molar-refractivity contribution in [3.63, 3.8) is 0 Å². The molecule has 3 nitrogen and oxygen atoms in total. The molecule has 0 aliphatic carbocycles. The van der Waals surface area contributed by atoms with E-state index in [2.05, 4.69) is 43.8 Å². The van der Waals surface area contributed by atoms with E-state index in [0.717, 1.165) is 23.8 Å². The van der Waals surface area contributed by atoms with Gasteiger partial charge in [0, 0.05) is 18.1 Å². The molecule has 0 aliphatic rings. The first-order valence-electron chi connectivity index (χ1n) is 6.10. The standard InChI is InChI=1S/C15H10BrIN2OS/c16-8-4-3-7-11-12(8)13(18)14(21-11)15(20)19-10-6-2-1-5-9(10)17/h1-7H,18H2,(H,19,20). The van der Waals surface area contributed by atoms with Gasteiger partial charge in [-0.25, -0.2) is 0 Å². The van der Waals surface area contributed by atoms with Crippen LogP contribution in [0.2, 0.25) is 0 Å². The molecule has 3 N–H and O–H groups in total. The van der Waals surface area contributed by atoms with Crippen LogP contribution in [0.1, 0.15) is 9.67 Å². The minimum absolute atomic E-state index is 0.176. The first-order chi connectivity index (χ1) is 10.1. The van der Waals surface area contributed by atoms with Crippen molar-refractivity contribution in [2.24, 2.45) is 0 Å². The van der Waals surface area contributed by atoms with Gasteiger partial charge in [-0.3, -0.25) is 4.79 Å². The van der Waals surface area contributed by atoms with Crippen LogP contribution in [0.25, 0.3) is 10.1 Å². The average molecular weight is 473 g/mol. The number of rotatable bonds is 2. The van der Waals surface area contributed by atoms with E-state index < -0.39 is 0 Å². The van der Waals surface area contributed by atoms with Gasteiger partial charge in [0.2, 0.25) is 0 Å². The van der Waals surface area contributed by atoms with Gasteiger partial charge in [0.25, 0.3) is 5.91 Å². The second-order valence-electron chi connectivity index (χ2n) is 4.39. The molecule has 0 saturated heterocycles. The van der Waals surface area contributed by atoms with Crippen molar-refractivity contribution in [2.75, 3.05) is 11.1 Å². The Bertz CT molecular complexity index is 847. The molecular formula is C15H10BrIN2OS. The van der Waals surface area contributed by atoms with Gasteiger partial charge in [-0.1, -0.05) is 34.1 Å². The van der Waals surface area contributed by atoms with Crippen LogP contribution in [0.4, 0.5) is 11.4 Å². The average Bonchev–Trinajstić information content (AvgIpc) is 2.80. The number of hydrogen-bond donors (Lipinski definition) is 2. The Hall–Kier alpha value is -1.12. The Morgan fingerprint density at radius 2 is 1.95 bits per heavy atom. The summed E-state index contributed by atoms with van der Waals surface area (Å²) < 4.78 is 2.89. The molecule has 6 heteroatoms. The topological polar surface area (TPSA) is 55.1 Å². The molecule has 106 valence electrons. The number of benzene rings is 2. The summed E-state index contributed by atoms with van der Waals surface area (Å²) in [5.41, 5.74) is 7.46. The highest BCUT2D eigenvalue weighted by Gasteiger charge is 2.18. The molecule has 0 spiro atoms. The second-order valence-corrected chi connectivity index (χ2v) is 7.46. The Labute approximate surface area is 147 Å². The van der Waals surface area contributed by atoms with Crippen LogP contribution in [0, 0.1) is 3.57 Å². The fraction of sp³-hybridized carbons (Fsp3) is 0. The van der Waals surface area contributed by atoms with E-state index in [9.17, 15) is 4.79 Å². The Kier molecular flexibility index (Phi) is 4.19. The van der Waals surface area contributed by atoms with E-state index in [4.69, 9.17) is 5.73 Å². The number of halogens is 2. The molecule has 0 bridgehead atoms. The van der Waals surface area contributed by atoms with Crippen molar-refractivity contribution in [3.8, 4) is 0 Å². The van der Waals surface area contributed by atoms with Gasteiger partial charge in [0.15, 0.2) is 0 Å². The van der Waals surface area contributed by atoms with Crippen LogP contribution in [0.3, 0.4) is 0 Å². The highest BCUT2D eigenvalue weighted by molar-refractivity contribution is 14.1. The minimum Gasteiger partial charge on any atom is -0.397 e. The summed E-state index contributed by atoms with van der Waals surface area (Å²) in [6.07, 6.45) is 0. The molecule has 3 aromatic rings. The fourth-order valence-electron chi connectivity index (χ4n) is 2.04. The van der Waals surface area contributed by atoms with E-state index in [1.807, 2.05) is 42.5 Å². The number of carbonyl (C=O) groups excluding carboxylic acids is 1. The van der Waals surface area contributed by atoms with Crippen molar-refractivity contribution in [2.45, 2.75) is 0 Å². The van der Waals surface area contributed by atoms with Crippen LogP contribution in [0.15, 0.2) is 46.9 Å². The fourth-order valence-corrected chi connectivity index (χ4v) is 4.32. The summed E-state index contributed by atoms with van der Waals surface area (Å²) in [5.74, 6) is -0.176. The number of para-hydroxylation sites is 1. The molecule has 21 heavy (non-hydrogen) atoms. The van der Waals surface area contributed by atoms with Gasteiger partial charge >= 0.3 is 0 Å². The van der Waals surface area contributed by atoms with Gasteiger partial charge in [-0.05, 0) is 46.9 Å². The molecular weight excluding hydrogens is 463 g/mol. The number of amides is 1. The van der Waals surface area contributed by atoms with Gasteiger partial charge in [-0.15, -0.1) is 11.3 Å². The predicted octanol–water partition coefficient (Wildman–Crippen LogP) is 5.10. The lowest BCUT2D eigenvalue weighted by Gasteiger charge is -2.06. The molecule has 1 aromatic heterocycles. The third kappa shape index (κ3) is 2.79. The van der Waals surface area contributed by atoms with Gasteiger partial charge in [0.1, 0.15) is 4.88 Å². The van der Waals surface area contributed by atoms with Crippen LogP contribution in [-0.4, -0.2) is 5.91 Å². The lowest BCUT2D eigenvalue weighted by molar-refractivity contribution is 0.103. The summed E-state index contributed by atoms with van der Waals surface area (Å²) in [5, 5.41) is 3.81. The van der Waals surface area contributed by atoms with Crippen LogP contribution < -0.4 is 11.1 Å². The summed E-state index contributed by atoms with van der Waals surface area (Å²) in [4.78, 5) is 13.0. The minimum atomic E-state index is -0.176. The van der Waals surface area contributed by atoms with E-state index in [-0.39, 0.29) is 5.91 Å². The second kappa shape index (κ2) is 5.94. The molecule has 0 radical (unpaired) electrons. The summed E-state index contributed by atoms with van der Waals surface area (Å²) in [6.45, 7) is 0. The normalized spacial score (nSPS) is 10.8. The zero-order valence-corrected chi connectivity index (χ0v) is 15.3. The number of nitrogen functional groups attached to an aromatic ring is 1. The van der Waals surface area contributed by atoms with E-state index >= 15 is 0 Å². The highest BCUT2D eigenvalue weighted by Crippen LogP contribution is 2.38. The summed E-state index contributed by atoms with van der Waals surface area (Å²) in [6, 6.07) is 13.5. The first kappa shape index (κ1) is 14.8. The maximum Gasteiger partial charge on any atom is 0.267 e. The largest absolute Gasteiger partial charge is 0.397 e. The molecule has 0 saturated carbocycles. The van der Waals surface area contributed by atoms with E-state index in [1.165, 1.54) is 11.3 Å². The molecule has 0 fully saturated rings. The molecule has 0 aliphatic heterocycles. The number of nitrogens with one attached hydrogen (secondary N) is 1. The smallest absolute Gasteiger partial charge is 0.267 e. The van der Waals surface area contributed by atoms with Crippen molar-refractivity contribution in [1.29, 1.82) is 0 Å². The third-order valence-electron chi connectivity index (χ3n) is 3.03. The van der Waals surface area contributed by atoms with Gasteiger partial charge < -0.3 is 11.1 Å². The number of carbonyl (C=O) groups is 1. The van der Waals surface area contributed by atoms with Crippen LogP contribution in [-0.2, 0) is 0 Å². The van der Waals surface area contributed by atoms with Crippen molar-refractivity contribution in [3.05, 3.63) is 55.4 Å². The Morgan fingerprint density at radius 1 is 1.19 bits per heavy atom. The van der Waals surface area contributed by atoms with Gasteiger partial charge in [0.05, 0.1) is 11.4 Å². The number of hydrogen-bond acceptors (Lipinski definition) is 3. The van der Waals surface area contributed by atoms with Crippen LogP contribution >= 0.6 is 49.9 Å². The van der Waals surface area contributed by atoms with Gasteiger partial charge in [-0.2, -0.15) is 0 Å². The zero-order chi connectivity index (χ0) is 15.0. The molecule has 0 atom stereocenters. The number of nitrogens with two attached hydrogens (primary N) is 1. The monoisotopic (exact) mass is 472 g/mol. The highest BCUT2D eigenvalue weighted by atomic mass is 127. The molecule has 1 amide bonds. The van der Waals surface area contributed by atoms with E-state index in [1.54, 1.807) is 0 Å².